The molecule has 1 aliphatic heterocycles. The first-order chi connectivity index (χ1) is 10.1. The van der Waals surface area contributed by atoms with Gasteiger partial charge in [-0.3, -0.25) is 4.90 Å². The second-order valence-electron chi connectivity index (χ2n) is 6.60. The summed E-state index contributed by atoms with van der Waals surface area (Å²) in [4.78, 5) is 7.43. The first kappa shape index (κ1) is 14.9. The summed E-state index contributed by atoms with van der Waals surface area (Å²) in [6.07, 6.45) is 1.25. The van der Waals surface area contributed by atoms with Gasteiger partial charge in [-0.1, -0.05) is 26.0 Å². The van der Waals surface area contributed by atoms with Crippen molar-refractivity contribution in [1.29, 1.82) is 0 Å². The second kappa shape index (κ2) is 6.42. The van der Waals surface area contributed by atoms with E-state index in [-0.39, 0.29) is 0 Å². The topological polar surface area (TPSA) is 28.2 Å². The van der Waals surface area contributed by atoms with Gasteiger partial charge in [0, 0.05) is 25.2 Å². The molecule has 21 heavy (non-hydrogen) atoms. The highest BCUT2D eigenvalue weighted by Crippen LogP contribution is 2.25. The molecule has 1 aromatic carbocycles. The maximum Gasteiger partial charge on any atom is 0.108 e. The van der Waals surface area contributed by atoms with Crippen molar-refractivity contribution >= 4 is 21.6 Å². The predicted molar refractivity (Wildman–Crippen MR) is 90.7 cm³/mol. The van der Waals surface area contributed by atoms with Crippen molar-refractivity contribution in [3.63, 3.8) is 0 Å². The largest absolute Gasteiger partial charge is 0.311 e. The molecule has 114 valence electrons. The summed E-state index contributed by atoms with van der Waals surface area (Å²) in [7, 11) is 0. The number of nitrogens with zero attached hydrogens (tertiary/aromatic N) is 2. The van der Waals surface area contributed by atoms with Gasteiger partial charge in [-0.05, 0) is 31.4 Å². The van der Waals surface area contributed by atoms with Crippen LogP contribution in [0.1, 0.15) is 32.2 Å². The van der Waals surface area contributed by atoms with Crippen LogP contribution < -0.4 is 5.32 Å². The quantitative estimate of drug-likeness (QED) is 0.937. The van der Waals surface area contributed by atoms with E-state index in [1.54, 1.807) is 0 Å². The number of rotatable bonds is 4. The maximum atomic E-state index is 4.80. The fourth-order valence-electron chi connectivity index (χ4n) is 3.16. The summed E-state index contributed by atoms with van der Waals surface area (Å²) in [5.74, 6) is 0.739. The fraction of sp³-hybridized carbons (Fsp3) is 0.588. The molecule has 0 radical (unpaired) electrons. The molecule has 0 spiro atoms. The van der Waals surface area contributed by atoms with E-state index in [1.807, 2.05) is 11.3 Å². The van der Waals surface area contributed by atoms with Gasteiger partial charge in [0.15, 0.2) is 0 Å². The zero-order valence-electron chi connectivity index (χ0n) is 13.2. The summed E-state index contributed by atoms with van der Waals surface area (Å²) in [6.45, 7) is 10.1. The lowest BCUT2D eigenvalue weighted by Crippen LogP contribution is -2.55. The van der Waals surface area contributed by atoms with E-state index in [2.05, 4.69) is 55.3 Å². The van der Waals surface area contributed by atoms with E-state index in [9.17, 15) is 0 Å². The third-order valence-corrected chi connectivity index (χ3v) is 5.17. The Balaban J connectivity index is 1.76. The number of thiazole rings is 1. The lowest BCUT2D eigenvalue weighted by molar-refractivity contribution is 0.111. The molecule has 1 aliphatic rings. The van der Waals surface area contributed by atoms with Crippen LogP contribution >= 0.6 is 11.3 Å². The molecule has 2 aromatic rings. The molecule has 3 nitrogen and oxygen atoms in total. The van der Waals surface area contributed by atoms with Crippen LogP contribution in [0.3, 0.4) is 0 Å². The van der Waals surface area contributed by atoms with Gasteiger partial charge in [-0.25, -0.2) is 4.98 Å². The van der Waals surface area contributed by atoms with Crippen LogP contribution in [0.25, 0.3) is 10.2 Å². The highest BCUT2D eigenvalue weighted by molar-refractivity contribution is 7.18. The zero-order chi connectivity index (χ0) is 14.8. The van der Waals surface area contributed by atoms with Crippen molar-refractivity contribution in [1.82, 2.24) is 15.2 Å². The van der Waals surface area contributed by atoms with Gasteiger partial charge < -0.3 is 5.32 Å². The average molecular weight is 303 g/mol. The molecular formula is C17H25N3S. The Kier molecular flexibility index (Phi) is 4.57. The van der Waals surface area contributed by atoms with E-state index >= 15 is 0 Å². The molecule has 1 saturated heterocycles. The molecule has 1 aromatic heterocycles. The molecule has 1 N–H and O–H groups in total. The van der Waals surface area contributed by atoms with Crippen molar-refractivity contribution < 1.29 is 0 Å². The number of piperazine rings is 1. The van der Waals surface area contributed by atoms with E-state index < -0.39 is 0 Å². The Morgan fingerprint density at radius 2 is 2.19 bits per heavy atom. The first-order valence-electron chi connectivity index (χ1n) is 7.93. The minimum Gasteiger partial charge on any atom is -0.311 e. The van der Waals surface area contributed by atoms with Gasteiger partial charge >= 0.3 is 0 Å². The standard InChI is InChI=1S/C17H25N3S/c1-12(2)8-14-9-18-13(3)10-20(14)11-17-19-15-6-4-5-7-16(15)21-17/h4-7,12-14,18H,8-11H2,1-3H3. The number of fused-ring (bicyclic) bond motifs is 1. The molecule has 4 heteroatoms. The number of aromatic nitrogens is 1. The maximum absolute atomic E-state index is 4.80. The van der Waals surface area contributed by atoms with Crippen molar-refractivity contribution in [2.24, 2.45) is 5.92 Å². The number of hydrogen-bond acceptors (Lipinski definition) is 4. The Bertz CT molecular complexity index is 559. The van der Waals surface area contributed by atoms with Crippen LogP contribution in [0.15, 0.2) is 24.3 Å². The Hall–Kier alpha value is -0.970. The van der Waals surface area contributed by atoms with Crippen LogP contribution in [-0.4, -0.2) is 35.1 Å². The van der Waals surface area contributed by atoms with Gasteiger partial charge in [-0.15, -0.1) is 11.3 Å². The molecule has 0 aliphatic carbocycles. The molecule has 0 bridgehead atoms. The average Bonchev–Trinajstić information content (AvgIpc) is 2.83. The van der Waals surface area contributed by atoms with Gasteiger partial charge in [-0.2, -0.15) is 0 Å². The lowest BCUT2D eigenvalue weighted by atomic mass is 9.99. The Labute approximate surface area is 131 Å². The smallest absolute Gasteiger partial charge is 0.108 e. The normalized spacial score (nSPS) is 24.0. The van der Waals surface area contributed by atoms with Gasteiger partial charge in [0.1, 0.15) is 5.01 Å². The summed E-state index contributed by atoms with van der Waals surface area (Å²) in [5, 5.41) is 4.87. The summed E-state index contributed by atoms with van der Waals surface area (Å²) >= 11 is 1.84. The molecule has 0 amide bonds. The SMILES string of the molecule is CC(C)CC1CNC(C)CN1Cc1nc2ccccc2s1. The van der Waals surface area contributed by atoms with E-state index in [0.717, 1.165) is 31.1 Å². The second-order valence-corrected chi connectivity index (χ2v) is 7.71. The monoisotopic (exact) mass is 303 g/mol. The number of para-hydroxylation sites is 1. The van der Waals surface area contributed by atoms with Crippen molar-refractivity contribution in [3.05, 3.63) is 29.3 Å². The van der Waals surface area contributed by atoms with Gasteiger partial charge in [0.25, 0.3) is 0 Å². The first-order valence-corrected chi connectivity index (χ1v) is 8.75. The van der Waals surface area contributed by atoms with Crippen LogP contribution in [0.4, 0.5) is 0 Å². The third-order valence-electron chi connectivity index (χ3n) is 4.15. The lowest BCUT2D eigenvalue weighted by Gasteiger charge is -2.39. The summed E-state index contributed by atoms with van der Waals surface area (Å²) in [6, 6.07) is 9.65. The number of nitrogens with one attached hydrogen (secondary N) is 1. The van der Waals surface area contributed by atoms with Crippen LogP contribution in [-0.2, 0) is 6.54 Å². The van der Waals surface area contributed by atoms with Gasteiger partial charge in [0.05, 0.1) is 16.8 Å². The molecule has 2 atom stereocenters. The molecule has 2 unspecified atom stereocenters. The summed E-state index contributed by atoms with van der Waals surface area (Å²) in [5.41, 5.74) is 1.14. The number of benzene rings is 1. The molecule has 3 rings (SSSR count). The molecule has 0 saturated carbocycles. The summed E-state index contributed by atoms with van der Waals surface area (Å²) < 4.78 is 1.30. The zero-order valence-corrected chi connectivity index (χ0v) is 14.0. The highest BCUT2D eigenvalue weighted by atomic mass is 32.1. The molecule has 1 fully saturated rings. The van der Waals surface area contributed by atoms with Crippen LogP contribution in [0.2, 0.25) is 0 Å². The highest BCUT2D eigenvalue weighted by Gasteiger charge is 2.27. The fourth-order valence-corrected chi connectivity index (χ4v) is 4.16. The van der Waals surface area contributed by atoms with Crippen molar-refractivity contribution in [3.8, 4) is 0 Å². The third kappa shape index (κ3) is 3.62. The van der Waals surface area contributed by atoms with Crippen molar-refractivity contribution in [2.45, 2.75) is 45.8 Å². The van der Waals surface area contributed by atoms with E-state index in [1.165, 1.54) is 16.1 Å². The molecule has 2 heterocycles. The minimum absolute atomic E-state index is 0.572. The van der Waals surface area contributed by atoms with Crippen LogP contribution in [0, 0.1) is 5.92 Å². The van der Waals surface area contributed by atoms with E-state index in [0.29, 0.717) is 12.1 Å². The Morgan fingerprint density at radius 3 is 2.95 bits per heavy atom. The minimum atomic E-state index is 0.572. The van der Waals surface area contributed by atoms with Gasteiger partial charge in [0.2, 0.25) is 0 Å². The predicted octanol–water partition coefficient (Wildman–Crippen LogP) is 3.50. The van der Waals surface area contributed by atoms with E-state index in [4.69, 9.17) is 4.98 Å². The molecular weight excluding hydrogens is 278 g/mol. The Morgan fingerprint density at radius 1 is 1.38 bits per heavy atom. The van der Waals surface area contributed by atoms with Crippen molar-refractivity contribution in [2.75, 3.05) is 13.1 Å². The number of hydrogen-bond donors (Lipinski definition) is 1. The van der Waals surface area contributed by atoms with Crippen LogP contribution in [0.5, 0.6) is 0 Å².